The van der Waals surface area contributed by atoms with Crippen molar-refractivity contribution in [3.8, 4) is 0 Å². The van der Waals surface area contributed by atoms with Crippen LogP contribution in [0, 0.1) is 17.3 Å². The van der Waals surface area contributed by atoms with Crippen molar-refractivity contribution in [2.75, 3.05) is 0 Å². The Hall–Kier alpha value is -0.520. The van der Waals surface area contributed by atoms with Crippen LogP contribution in [-0.4, -0.2) is 0 Å². The first-order valence-electron chi connectivity index (χ1n) is 6.39. The van der Waals surface area contributed by atoms with Crippen LogP contribution >= 0.6 is 0 Å². The summed E-state index contributed by atoms with van der Waals surface area (Å²) in [6.07, 6.45) is 9.21. The summed E-state index contributed by atoms with van der Waals surface area (Å²) < 4.78 is 0. The molecule has 0 N–H and O–H groups in total. The quantitative estimate of drug-likeness (QED) is 0.542. The minimum Gasteiger partial charge on any atom is -0.0999 e. The van der Waals surface area contributed by atoms with E-state index in [2.05, 4.69) is 33.4 Å². The Balaban J connectivity index is 2.24. The summed E-state index contributed by atoms with van der Waals surface area (Å²) >= 11 is 0. The van der Waals surface area contributed by atoms with Crippen LogP contribution in [0.5, 0.6) is 0 Å². The predicted molar refractivity (Wildman–Crippen MR) is 66.7 cm³/mol. The van der Waals surface area contributed by atoms with E-state index in [4.69, 9.17) is 0 Å². The lowest BCUT2D eigenvalue weighted by atomic mass is 9.58. The molecule has 0 spiro atoms. The van der Waals surface area contributed by atoms with Crippen molar-refractivity contribution in [3.63, 3.8) is 0 Å². The zero-order chi connectivity index (χ0) is 11.1. The molecule has 0 nitrogen and oxygen atoms in total. The van der Waals surface area contributed by atoms with Gasteiger partial charge in [0.15, 0.2) is 0 Å². The Morgan fingerprint density at radius 2 is 2.20 bits per heavy atom. The zero-order valence-corrected chi connectivity index (χ0v) is 10.5. The molecule has 0 saturated heterocycles. The van der Waals surface area contributed by atoms with Crippen molar-refractivity contribution >= 4 is 0 Å². The lowest BCUT2D eigenvalue weighted by Crippen LogP contribution is -2.36. The first-order chi connectivity index (χ1) is 7.04. The minimum absolute atomic E-state index is 0.486. The van der Waals surface area contributed by atoms with E-state index in [-0.39, 0.29) is 0 Å². The summed E-state index contributed by atoms with van der Waals surface area (Å²) in [7, 11) is 0. The van der Waals surface area contributed by atoms with Crippen molar-refractivity contribution in [1.82, 2.24) is 0 Å². The van der Waals surface area contributed by atoms with Crippen LogP contribution < -0.4 is 0 Å². The Bertz CT molecular complexity index is 297. The summed E-state index contributed by atoms with van der Waals surface area (Å²) in [6, 6.07) is 0. The second-order valence-corrected chi connectivity index (χ2v) is 5.91. The molecule has 0 radical (unpaired) electrons. The van der Waals surface area contributed by atoms with Gasteiger partial charge in [0.05, 0.1) is 0 Å². The average Bonchev–Trinajstić information content (AvgIpc) is 2.19. The Labute approximate surface area is 94.5 Å². The van der Waals surface area contributed by atoms with E-state index in [9.17, 15) is 0 Å². The van der Waals surface area contributed by atoms with Crippen LogP contribution in [0.25, 0.3) is 0 Å². The molecule has 1 saturated carbocycles. The molecule has 0 unspecified atom stereocenters. The van der Waals surface area contributed by atoms with Crippen molar-refractivity contribution in [1.29, 1.82) is 0 Å². The topological polar surface area (TPSA) is 0 Å². The van der Waals surface area contributed by atoms with Crippen molar-refractivity contribution in [2.45, 2.75) is 52.9 Å². The van der Waals surface area contributed by atoms with Crippen molar-refractivity contribution in [2.24, 2.45) is 17.3 Å². The van der Waals surface area contributed by atoms with Gasteiger partial charge in [0.1, 0.15) is 0 Å². The van der Waals surface area contributed by atoms with Gasteiger partial charge in [-0.1, -0.05) is 37.6 Å². The fraction of sp³-hybridized carbons (Fsp3) is 0.733. The Morgan fingerprint density at radius 3 is 2.87 bits per heavy atom. The third kappa shape index (κ3) is 1.79. The minimum atomic E-state index is 0.486. The molecule has 2 rings (SSSR count). The summed E-state index contributed by atoms with van der Waals surface area (Å²) in [5.41, 5.74) is 3.63. The van der Waals surface area contributed by atoms with Crippen LogP contribution in [0.3, 0.4) is 0 Å². The number of hydrogen-bond acceptors (Lipinski definition) is 0. The fourth-order valence-electron chi connectivity index (χ4n) is 3.46. The van der Waals surface area contributed by atoms with Gasteiger partial charge in [0.2, 0.25) is 0 Å². The second-order valence-electron chi connectivity index (χ2n) is 5.91. The number of rotatable bonds is 1. The summed E-state index contributed by atoms with van der Waals surface area (Å²) in [6.45, 7) is 11.3. The van der Waals surface area contributed by atoms with Gasteiger partial charge in [-0.3, -0.25) is 0 Å². The molecule has 2 aliphatic rings. The lowest BCUT2D eigenvalue weighted by molar-refractivity contribution is 0.151. The Kier molecular flexibility index (Phi) is 2.79. The maximum Gasteiger partial charge on any atom is -0.00850 e. The normalized spacial score (nSPS) is 40.6. The maximum absolute atomic E-state index is 4.15. The molecule has 84 valence electrons. The monoisotopic (exact) mass is 204 g/mol. The molecule has 0 aliphatic heterocycles. The van der Waals surface area contributed by atoms with Crippen LogP contribution in [0.4, 0.5) is 0 Å². The molecule has 0 heterocycles. The van der Waals surface area contributed by atoms with E-state index in [1.165, 1.54) is 37.7 Å². The molecule has 0 amide bonds. The van der Waals surface area contributed by atoms with Gasteiger partial charge in [0.25, 0.3) is 0 Å². The van der Waals surface area contributed by atoms with Crippen LogP contribution in [0.15, 0.2) is 23.8 Å². The highest BCUT2D eigenvalue weighted by atomic mass is 14.5. The van der Waals surface area contributed by atoms with E-state index >= 15 is 0 Å². The van der Waals surface area contributed by atoms with E-state index in [1.54, 1.807) is 5.57 Å². The van der Waals surface area contributed by atoms with Gasteiger partial charge >= 0.3 is 0 Å². The van der Waals surface area contributed by atoms with Gasteiger partial charge in [0, 0.05) is 0 Å². The number of hydrogen-bond donors (Lipinski definition) is 0. The van der Waals surface area contributed by atoms with Crippen LogP contribution in [0.2, 0.25) is 0 Å². The molecule has 0 bridgehead atoms. The molecule has 0 aromatic carbocycles. The smallest absolute Gasteiger partial charge is 0.00850 e. The fourth-order valence-corrected chi connectivity index (χ4v) is 3.46. The van der Waals surface area contributed by atoms with E-state index in [0.29, 0.717) is 5.41 Å². The van der Waals surface area contributed by atoms with Gasteiger partial charge in [-0.25, -0.2) is 0 Å². The number of allylic oxidation sites excluding steroid dienone is 3. The van der Waals surface area contributed by atoms with Gasteiger partial charge in [-0.2, -0.15) is 0 Å². The van der Waals surface area contributed by atoms with Gasteiger partial charge in [-0.05, 0) is 56.3 Å². The van der Waals surface area contributed by atoms with Crippen molar-refractivity contribution < 1.29 is 0 Å². The Morgan fingerprint density at radius 1 is 1.47 bits per heavy atom. The largest absolute Gasteiger partial charge is 0.0999 e. The molecule has 2 aliphatic carbocycles. The van der Waals surface area contributed by atoms with E-state index < -0.39 is 0 Å². The molecular formula is C15H24. The summed E-state index contributed by atoms with van der Waals surface area (Å²) in [5, 5.41) is 0. The average molecular weight is 204 g/mol. The lowest BCUT2D eigenvalue weighted by Gasteiger charge is -2.47. The van der Waals surface area contributed by atoms with Gasteiger partial charge in [-0.15, -0.1) is 0 Å². The third-order valence-corrected chi connectivity index (χ3v) is 4.94. The highest BCUT2D eigenvalue weighted by Gasteiger charge is 2.41. The molecule has 1 fully saturated rings. The molecule has 0 aromatic rings. The first-order valence-corrected chi connectivity index (χ1v) is 6.39. The van der Waals surface area contributed by atoms with Crippen LogP contribution in [0.1, 0.15) is 52.9 Å². The van der Waals surface area contributed by atoms with Gasteiger partial charge < -0.3 is 0 Å². The zero-order valence-electron chi connectivity index (χ0n) is 10.5. The highest BCUT2D eigenvalue weighted by molar-refractivity contribution is 5.23. The summed E-state index contributed by atoms with van der Waals surface area (Å²) in [5.74, 6) is 1.63. The molecule has 15 heavy (non-hydrogen) atoms. The maximum atomic E-state index is 4.15. The van der Waals surface area contributed by atoms with Crippen LogP contribution in [-0.2, 0) is 0 Å². The second kappa shape index (κ2) is 3.81. The van der Waals surface area contributed by atoms with Crippen molar-refractivity contribution in [3.05, 3.63) is 23.8 Å². The molecule has 0 heteroatoms. The predicted octanol–water partition coefficient (Wildman–Crippen LogP) is 4.73. The van der Waals surface area contributed by atoms with E-state index in [1.807, 2.05) is 0 Å². The molecular weight excluding hydrogens is 180 g/mol. The number of fused-ring (bicyclic) bond motifs is 1. The summed E-state index contributed by atoms with van der Waals surface area (Å²) in [4.78, 5) is 0. The van der Waals surface area contributed by atoms with E-state index in [0.717, 1.165) is 11.8 Å². The highest BCUT2D eigenvalue weighted by Crippen LogP contribution is 2.53. The third-order valence-electron chi connectivity index (χ3n) is 4.94. The SMILES string of the molecule is C=C(C)[C@H]1CCC2=CCC[C@H](C)[C@@]2(C)C1. The first kappa shape index (κ1) is 11.0. The standard InChI is InChI=1S/C15H24/c1-11(2)13-8-9-14-7-5-6-12(3)15(14,4)10-13/h7,12-13H,1,5-6,8-10H2,2-4H3/t12-,13-,15+/m0/s1. The molecule has 0 aromatic heterocycles. The molecule has 3 atom stereocenters.